The first-order valence-corrected chi connectivity index (χ1v) is 7.42. The lowest BCUT2D eigenvalue weighted by Gasteiger charge is -2.15. The molecule has 3 aromatic rings. The Morgan fingerprint density at radius 3 is 2.68 bits per heavy atom. The van der Waals surface area contributed by atoms with Crippen molar-refractivity contribution in [2.75, 3.05) is 0 Å². The predicted octanol–water partition coefficient (Wildman–Crippen LogP) is -1.12. The van der Waals surface area contributed by atoms with Crippen LogP contribution in [-0.2, 0) is 16.6 Å². The molecule has 1 unspecified atom stereocenters. The first-order chi connectivity index (χ1) is 11.7. The van der Waals surface area contributed by atoms with Crippen LogP contribution in [0.25, 0.3) is 16.9 Å². The molecule has 0 saturated carbocycles. The summed E-state index contributed by atoms with van der Waals surface area (Å²) in [5.74, 6) is -1.58. The highest BCUT2D eigenvalue weighted by atomic mass is 16.4. The summed E-state index contributed by atoms with van der Waals surface area (Å²) in [7, 11) is 1.45. The number of carboxylic acid groups (broad SMARTS) is 1. The number of aliphatic carboxylic acids is 1. The van der Waals surface area contributed by atoms with Crippen molar-refractivity contribution in [1.82, 2.24) is 23.5 Å². The highest BCUT2D eigenvalue weighted by Gasteiger charge is 2.26. The summed E-state index contributed by atoms with van der Waals surface area (Å²) >= 11 is 0. The Bertz CT molecular complexity index is 1130. The Labute approximate surface area is 139 Å². The van der Waals surface area contributed by atoms with Crippen molar-refractivity contribution in [1.29, 1.82) is 0 Å². The number of carbonyl (C=O) groups excluding carboxylic acids is 1. The second-order valence-corrected chi connectivity index (χ2v) is 5.77. The first kappa shape index (κ1) is 16.5. The van der Waals surface area contributed by atoms with Gasteiger partial charge in [-0.25, -0.2) is 9.59 Å². The van der Waals surface area contributed by atoms with Crippen LogP contribution in [0.1, 0.15) is 24.6 Å². The van der Waals surface area contributed by atoms with E-state index in [4.69, 9.17) is 5.73 Å². The van der Waals surface area contributed by atoms with E-state index in [0.717, 1.165) is 0 Å². The zero-order valence-corrected chi connectivity index (χ0v) is 13.5. The fourth-order valence-electron chi connectivity index (χ4n) is 2.92. The van der Waals surface area contributed by atoms with Gasteiger partial charge >= 0.3 is 11.7 Å². The van der Waals surface area contributed by atoms with Gasteiger partial charge in [0.2, 0.25) is 11.7 Å². The van der Waals surface area contributed by atoms with Gasteiger partial charge in [0, 0.05) is 25.4 Å². The molecule has 11 heteroatoms. The number of imidazole rings is 2. The van der Waals surface area contributed by atoms with Gasteiger partial charge in [0.05, 0.1) is 0 Å². The summed E-state index contributed by atoms with van der Waals surface area (Å²) in [5, 5.41) is 9.54. The van der Waals surface area contributed by atoms with Crippen LogP contribution in [0, 0.1) is 6.92 Å². The van der Waals surface area contributed by atoms with Crippen LogP contribution in [0.5, 0.6) is 0 Å². The molecule has 3 rings (SSSR count). The molecular formula is C14H16N6O5. The van der Waals surface area contributed by atoms with Gasteiger partial charge in [0.15, 0.2) is 11.2 Å². The number of aromatic nitrogens is 5. The third-order valence-electron chi connectivity index (χ3n) is 4.10. The fraction of sp³-hybridized carbons (Fsp3) is 0.357. The number of aromatic amines is 1. The molecule has 0 aliphatic carbocycles. The lowest BCUT2D eigenvalue weighted by Crippen LogP contribution is -2.28. The molecule has 0 spiro atoms. The quantitative estimate of drug-likeness (QED) is 0.529. The van der Waals surface area contributed by atoms with Crippen LogP contribution >= 0.6 is 0 Å². The van der Waals surface area contributed by atoms with Gasteiger partial charge < -0.3 is 10.8 Å². The minimum atomic E-state index is -1.16. The number of carboxylic acids is 1. The Morgan fingerprint density at radius 2 is 2.08 bits per heavy atom. The molecule has 11 nitrogen and oxygen atoms in total. The van der Waals surface area contributed by atoms with Gasteiger partial charge in [-0.1, -0.05) is 0 Å². The van der Waals surface area contributed by atoms with E-state index < -0.39 is 29.2 Å². The number of carbonyl (C=O) groups is 2. The number of aryl methyl sites for hydroxylation is 2. The highest BCUT2D eigenvalue weighted by molar-refractivity contribution is 5.79. The SMILES string of the molecule is Cc1cn2c3c(=O)[nH]c(=O)n(C)c3nc2n1C(CCC(N)=O)C(=O)O. The third-order valence-corrected chi connectivity index (χ3v) is 4.10. The summed E-state index contributed by atoms with van der Waals surface area (Å²) in [6.45, 7) is 1.66. The van der Waals surface area contributed by atoms with Crippen LogP contribution in [0.15, 0.2) is 15.8 Å². The number of nitrogens with one attached hydrogen (secondary N) is 1. The van der Waals surface area contributed by atoms with Crippen molar-refractivity contribution in [3.05, 3.63) is 32.7 Å². The largest absolute Gasteiger partial charge is 0.480 e. The maximum atomic E-state index is 12.1. The van der Waals surface area contributed by atoms with Gasteiger partial charge in [-0.2, -0.15) is 4.98 Å². The van der Waals surface area contributed by atoms with E-state index in [9.17, 15) is 24.3 Å². The van der Waals surface area contributed by atoms with Gasteiger partial charge in [0.25, 0.3) is 5.56 Å². The van der Waals surface area contributed by atoms with Crippen molar-refractivity contribution in [2.24, 2.45) is 12.8 Å². The smallest absolute Gasteiger partial charge is 0.329 e. The van der Waals surface area contributed by atoms with Crippen molar-refractivity contribution >= 4 is 28.8 Å². The Balaban J connectivity index is 2.32. The van der Waals surface area contributed by atoms with Gasteiger partial charge in [-0.15, -0.1) is 0 Å². The minimum absolute atomic E-state index is 0.0195. The second kappa shape index (κ2) is 5.61. The fourth-order valence-corrected chi connectivity index (χ4v) is 2.92. The van der Waals surface area contributed by atoms with Crippen LogP contribution < -0.4 is 17.0 Å². The molecule has 0 bridgehead atoms. The third kappa shape index (κ3) is 2.49. The van der Waals surface area contributed by atoms with E-state index in [2.05, 4.69) is 9.97 Å². The zero-order chi connectivity index (χ0) is 18.5. The number of amides is 1. The molecule has 0 aliphatic rings. The molecule has 1 atom stereocenters. The number of hydrogen-bond donors (Lipinski definition) is 3. The van der Waals surface area contributed by atoms with Crippen LogP contribution in [0.4, 0.5) is 0 Å². The normalized spacial score (nSPS) is 12.7. The van der Waals surface area contributed by atoms with Gasteiger partial charge in [0.1, 0.15) is 6.04 Å². The van der Waals surface area contributed by atoms with Crippen molar-refractivity contribution < 1.29 is 14.7 Å². The van der Waals surface area contributed by atoms with E-state index in [1.54, 1.807) is 13.1 Å². The Hall–Kier alpha value is -3.37. The van der Waals surface area contributed by atoms with Crippen LogP contribution in [-0.4, -0.2) is 40.5 Å². The molecule has 1 amide bonds. The minimum Gasteiger partial charge on any atom is -0.480 e. The lowest BCUT2D eigenvalue weighted by molar-refractivity contribution is -0.141. The average molecular weight is 348 g/mol. The summed E-state index contributed by atoms with van der Waals surface area (Å²) in [5.41, 5.74) is 4.69. The number of hydrogen-bond acceptors (Lipinski definition) is 5. The standard InChI is InChI=1S/C14H16N6O5/c1-6-5-19-9-10(18(2)14(25)17-11(9)22)16-13(19)20(6)7(12(23)24)3-4-8(15)21/h5,7H,3-4H2,1-2H3,(H2,15,21)(H,23,24)(H,17,22,25). The predicted molar refractivity (Wildman–Crippen MR) is 86.4 cm³/mol. The number of nitrogens with two attached hydrogens (primary N) is 1. The monoisotopic (exact) mass is 348 g/mol. The maximum Gasteiger partial charge on any atom is 0.329 e. The molecule has 25 heavy (non-hydrogen) atoms. The van der Waals surface area contributed by atoms with E-state index >= 15 is 0 Å². The van der Waals surface area contributed by atoms with Crippen molar-refractivity contribution in [3.63, 3.8) is 0 Å². The summed E-state index contributed by atoms with van der Waals surface area (Å²) in [6, 6.07) is -1.09. The number of H-pyrrole nitrogens is 1. The van der Waals surface area contributed by atoms with Crippen molar-refractivity contribution in [3.8, 4) is 0 Å². The molecule has 0 aromatic carbocycles. The number of fused-ring (bicyclic) bond motifs is 3. The highest BCUT2D eigenvalue weighted by Crippen LogP contribution is 2.23. The molecule has 0 aliphatic heterocycles. The van der Waals surface area contributed by atoms with E-state index in [1.807, 2.05) is 0 Å². The topological polar surface area (TPSA) is 157 Å². The molecular weight excluding hydrogens is 332 g/mol. The van der Waals surface area contributed by atoms with Crippen molar-refractivity contribution in [2.45, 2.75) is 25.8 Å². The number of primary amides is 1. The molecule has 0 fully saturated rings. The molecule has 0 radical (unpaired) electrons. The molecule has 132 valence electrons. The maximum absolute atomic E-state index is 12.1. The summed E-state index contributed by atoms with van der Waals surface area (Å²) in [6.07, 6.45) is 1.43. The summed E-state index contributed by atoms with van der Waals surface area (Å²) in [4.78, 5) is 53.0. The molecule has 4 N–H and O–H groups in total. The van der Waals surface area contributed by atoms with Gasteiger partial charge in [-0.05, 0) is 13.3 Å². The first-order valence-electron chi connectivity index (χ1n) is 7.42. The molecule has 3 aromatic heterocycles. The van der Waals surface area contributed by atoms with Crippen LogP contribution in [0.2, 0.25) is 0 Å². The van der Waals surface area contributed by atoms with Gasteiger partial charge in [-0.3, -0.25) is 28.1 Å². The Morgan fingerprint density at radius 1 is 1.40 bits per heavy atom. The Kier molecular flexibility index (Phi) is 3.70. The van der Waals surface area contributed by atoms with E-state index in [0.29, 0.717) is 5.69 Å². The average Bonchev–Trinajstić information content (AvgIpc) is 3.01. The van der Waals surface area contributed by atoms with E-state index in [-0.39, 0.29) is 29.8 Å². The molecule has 3 heterocycles. The zero-order valence-electron chi connectivity index (χ0n) is 13.5. The van der Waals surface area contributed by atoms with Crippen LogP contribution in [0.3, 0.4) is 0 Å². The second-order valence-electron chi connectivity index (χ2n) is 5.77. The van der Waals surface area contributed by atoms with E-state index in [1.165, 1.54) is 20.6 Å². The number of rotatable bonds is 5. The number of nitrogens with zero attached hydrogens (tertiary/aromatic N) is 4. The summed E-state index contributed by atoms with van der Waals surface area (Å²) < 4.78 is 4.01. The lowest BCUT2D eigenvalue weighted by atomic mass is 10.1. The molecule has 0 saturated heterocycles.